The molecular formula is C11H14F3N5O2. The van der Waals surface area contributed by atoms with E-state index in [-0.39, 0.29) is 17.1 Å². The van der Waals surface area contributed by atoms with Crippen molar-refractivity contribution in [3.63, 3.8) is 0 Å². The average Bonchev–Trinajstić information content (AvgIpc) is 2.75. The number of H-pyrrole nitrogens is 1. The van der Waals surface area contributed by atoms with Crippen molar-refractivity contribution >= 4 is 17.1 Å². The van der Waals surface area contributed by atoms with Crippen LogP contribution in [-0.2, 0) is 14.1 Å². The molecule has 0 aliphatic rings. The molecule has 2 rings (SSSR count). The van der Waals surface area contributed by atoms with Gasteiger partial charge in [0, 0.05) is 20.1 Å². The second-order valence-corrected chi connectivity index (χ2v) is 4.85. The molecule has 2 N–H and O–H groups in total. The van der Waals surface area contributed by atoms with Gasteiger partial charge in [0.25, 0.3) is 5.56 Å². The maximum atomic E-state index is 12.3. The van der Waals surface area contributed by atoms with Crippen molar-refractivity contribution < 1.29 is 13.2 Å². The zero-order valence-electron chi connectivity index (χ0n) is 11.6. The number of anilines is 1. The summed E-state index contributed by atoms with van der Waals surface area (Å²) < 4.78 is 38.9. The van der Waals surface area contributed by atoms with Gasteiger partial charge in [0.15, 0.2) is 11.2 Å². The number of halogens is 3. The van der Waals surface area contributed by atoms with Crippen LogP contribution in [0.3, 0.4) is 0 Å². The normalized spacial score (nSPS) is 13.6. The molecule has 0 aromatic carbocycles. The fourth-order valence-electron chi connectivity index (χ4n) is 2.03. The third-order valence-electron chi connectivity index (χ3n) is 3.02. The summed E-state index contributed by atoms with van der Waals surface area (Å²) >= 11 is 0. The van der Waals surface area contributed by atoms with Crippen molar-refractivity contribution in [3.05, 3.63) is 20.8 Å². The van der Waals surface area contributed by atoms with Gasteiger partial charge in [-0.2, -0.15) is 18.2 Å². The first-order valence-electron chi connectivity index (χ1n) is 6.09. The molecule has 0 fully saturated rings. The molecule has 0 spiro atoms. The number of aromatic amines is 1. The predicted octanol–water partition coefficient (Wildman–Crippen LogP) is 0.713. The van der Waals surface area contributed by atoms with Gasteiger partial charge in [-0.05, 0) is 6.92 Å². The Kier molecular flexibility index (Phi) is 3.56. The number of nitrogens with one attached hydrogen (secondary N) is 2. The largest absolute Gasteiger partial charge is 0.391 e. The standard InChI is InChI=1S/C11H14F3N5O2/c1-5(4-11(12,13)14)15-9-16-6-7(17-9)18(2)10(21)19(3)8(6)20/h5H,4H2,1-3H3,(H2,15,16,17). The minimum atomic E-state index is -4.30. The summed E-state index contributed by atoms with van der Waals surface area (Å²) in [7, 11) is 2.73. The highest BCUT2D eigenvalue weighted by Crippen LogP contribution is 2.22. The van der Waals surface area contributed by atoms with E-state index in [4.69, 9.17) is 0 Å². The van der Waals surface area contributed by atoms with Crippen LogP contribution in [0.15, 0.2) is 9.59 Å². The molecule has 21 heavy (non-hydrogen) atoms. The van der Waals surface area contributed by atoms with Gasteiger partial charge in [-0.3, -0.25) is 13.9 Å². The Morgan fingerprint density at radius 1 is 1.29 bits per heavy atom. The zero-order valence-corrected chi connectivity index (χ0v) is 11.6. The fourth-order valence-corrected chi connectivity index (χ4v) is 2.03. The minimum Gasteiger partial charge on any atom is -0.353 e. The van der Waals surface area contributed by atoms with Crippen LogP contribution in [0.2, 0.25) is 0 Å². The number of alkyl halides is 3. The Morgan fingerprint density at radius 2 is 1.90 bits per heavy atom. The lowest BCUT2D eigenvalue weighted by molar-refractivity contribution is -0.136. The van der Waals surface area contributed by atoms with E-state index < -0.39 is 29.9 Å². The summed E-state index contributed by atoms with van der Waals surface area (Å²) in [6.45, 7) is 1.35. The Bertz CT molecular complexity index is 786. The van der Waals surface area contributed by atoms with E-state index >= 15 is 0 Å². The van der Waals surface area contributed by atoms with Crippen LogP contribution in [0.25, 0.3) is 11.2 Å². The molecule has 0 bridgehead atoms. The second kappa shape index (κ2) is 4.93. The monoisotopic (exact) mass is 305 g/mol. The number of aromatic nitrogens is 4. The second-order valence-electron chi connectivity index (χ2n) is 4.85. The Hall–Kier alpha value is -2.26. The summed E-state index contributed by atoms with van der Waals surface area (Å²) in [5.74, 6) is 0.0139. The number of rotatable bonds is 3. The van der Waals surface area contributed by atoms with Gasteiger partial charge in [0.1, 0.15) is 0 Å². The van der Waals surface area contributed by atoms with E-state index in [1.807, 2.05) is 0 Å². The van der Waals surface area contributed by atoms with Crippen molar-refractivity contribution in [2.24, 2.45) is 14.1 Å². The maximum absolute atomic E-state index is 12.3. The molecule has 7 nitrogen and oxygen atoms in total. The maximum Gasteiger partial charge on any atom is 0.391 e. The summed E-state index contributed by atoms with van der Waals surface area (Å²) in [5, 5.41) is 2.53. The van der Waals surface area contributed by atoms with Crippen LogP contribution < -0.4 is 16.6 Å². The lowest BCUT2D eigenvalue weighted by Crippen LogP contribution is -2.36. The number of fused-ring (bicyclic) bond motifs is 1. The average molecular weight is 305 g/mol. The number of hydrogen-bond donors (Lipinski definition) is 2. The first-order valence-corrected chi connectivity index (χ1v) is 6.09. The van der Waals surface area contributed by atoms with Crippen LogP contribution >= 0.6 is 0 Å². The minimum absolute atomic E-state index is 0.0139. The van der Waals surface area contributed by atoms with Gasteiger partial charge < -0.3 is 10.3 Å². The summed E-state index contributed by atoms with van der Waals surface area (Å²) in [6, 6.07) is -0.925. The van der Waals surface area contributed by atoms with E-state index in [1.165, 1.54) is 21.0 Å². The molecule has 2 aromatic rings. The highest BCUT2D eigenvalue weighted by Gasteiger charge is 2.30. The predicted molar refractivity (Wildman–Crippen MR) is 70.3 cm³/mol. The lowest BCUT2D eigenvalue weighted by Gasteiger charge is -2.14. The fraction of sp³-hybridized carbons (Fsp3) is 0.545. The first-order chi connectivity index (χ1) is 9.60. The van der Waals surface area contributed by atoms with E-state index in [1.54, 1.807) is 0 Å². The number of nitrogens with zero attached hydrogens (tertiary/aromatic N) is 3. The topological polar surface area (TPSA) is 84.7 Å². The van der Waals surface area contributed by atoms with Crippen LogP contribution in [0.1, 0.15) is 13.3 Å². The molecule has 2 aromatic heterocycles. The zero-order chi connectivity index (χ0) is 15.9. The van der Waals surface area contributed by atoms with Crippen molar-refractivity contribution in [3.8, 4) is 0 Å². The third-order valence-corrected chi connectivity index (χ3v) is 3.02. The summed E-state index contributed by atoms with van der Waals surface area (Å²) in [6.07, 6.45) is -5.34. The molecule has 0 saturated carbocycles. The van der Waals surface area contributed by atoms with Crippen LogP contribution in [0.4, 0.5) is 19.1 Å². The number of hydrogen-bond acceptors (Lipinski definition) is 4. The molecule has 1 atom stereocenters. The van der Waals surface area contributed by atoms with Crippen molar-refractivity contribution in [1.29, 1.82) is 0 Å². The molecule has 0 saturated heterocycles. The molecule has 0 radical (unpaired) electrons. The molecule has 0 aliphatic heterocycles. The molecule has 0 aliphatic carbocycles. The Labute approximate surface area is 116 Å². The smallest absolute Gasteiger partial charge is 0.353 e. The van der Waals surface area contributed by atoms with Gasteiger partial charge in [-0.1, -0.05) is 0 Å². The quantitative estimate of drug-likeness (QED) is 0.875. The first kappa shape index (κ1) is 15.1. The van der Waals surface area contributed by atoms with Gasteiger partial charge >= 0.3 is 11.9 Å². The van der Waals surface area contributed by atoms with Gasteiger partial charge in [0.05, 0.1) is 6.42 Å². The molecule has 10 heteroatoms. The summed E-state index contributed by atoms with van der Waals surface area (Å²) in [4.78, 5) is 30.2. The van der Waals surface area contributed by atoms with Gasteiger partial charge in [0.2, 0.25) is 5.95 Å². The van der Waals surface area contributed by atoms with Crippen molar-refractivity contribution in [2.45, 2.75) is 25.6 Å². The van der Waals surface area contributed by atoms with Crippen LogP contribution in [0.5, 0.6) is 0 Å². The van der Waals surface area contributed by atoms with Gasteiger partial charge in [-0.15, -0.1) is 0 Å². The lowest BCUT2D eigenvalue weighted by atomic mass is 10.2. The van der Waals surface area contributed by atoms with E-state index in [2.05, 4.69) is 15.3 Å². The molecule has 1 unspecified atom stereocenters. The Balaban J connectivity index is 2.41. The number of imidazole rings is 1. The van der Waals surface area contributed by atoms with Gasteiger partial charge in [-0.25, -0.2) is 4.79 Å². The summed E-state index contributed by atoms with van der Waals surface area (Å²) in [5.41, 5.74) is -1.00. The SMILES string of the molecule is CC(CC(F)(F)F)Nc1nc2c([nH]1)c(=O)n(C)c(=O)n2C. The molecule has 116 valence electrons. The van der Waals surface area contributed by atoms with Crippen LogP contribution in [0, 0.1) is 0 Å². The van der Waals surface area contributed by atoms with E-state index in [0.717, 1.165) is 9.13 Å². The van der Waals surface area contributed by atoms with Crippen molar-refractivity contribution in [2.75, 3.05) is 5.32 Å². The number of aryl methyl sites for hydroxylation is 1. The third kappa shape index (κ3) is 2.93. The molecular weight excluding hydrogens is 291 g/mol. The van der Waals surface area contributed by atoms with Crippen molar-refractivity contribution in [1.82, 2.24) is 19.1 Å². The Morgan fingerprint density at radius 3 is 2.48 bits per heavy atom. The van der Waals surface area contributed by atoms with E-state index in [9.17, 15) is 22.8 Å². The molecule has 2 heterocycles. The highest BCUT2D eigenvalue weighted by molar-refractivity contribution is 5.72. The van der Waals surface area contributed by atoms with E-state index in [0.29, 0.717) is 0 Å². The molecule has 0 amide bonds. The highest BCUT2D eigenvalue weighted by atomic mass is 19.4. The van der Waals surface area contributed by atoms with Crippen LogP contribution in [-0.4, -0.2) is 31.3 Å².